The fourth-order valence-electron chi connectivity index (χ4n) is 1.45. The molecule has 0 aliphatic heterocycles. The van der Waals surface area contributed by atoms with Crippen LogP contribution in [0.25, 0.3) is 0 Å². The maximum atomic E-state index is 11.0. The molecule has 1 unspecified atom stereocenters. The molecule has 0 saturated carbocycles. The monoisotopic (exact) mass is 272 g/mol. The predicted octanol–water partition coefficient (Wildman–Crippen LogP) is 3.04. The van der Waals surface area contributed by atoms with Crippen LogP contribution in [0.1, 0.15) is 24.8 Å². The molecule has 0 spiro atoms. The molecule has 3 nitrogen and oxygen atoms in total. The van der Waals surface area contributed by atoms with Crippen LogP contribution >= 0.6 is 15.9 Å². The molecule has 1 aromatic rings. The molecule has 0 heterocycles. The molecule has 0 aliphatic rings. The Morgan fingerprint density at radius 2 is 2.27 bits per heavy atom. The van der Waals surface area contributed by atoms with E-state index >= 15 is 0 Å². The number of hydrogen-bond acceptors (Lipinski definition) is 2. The quantitative estimate of drug-likeness (QED) is 0.917. The molecule has 0 fully saturated rings. The summed E-state index contributed by atoms with van der Waals surface area (Å²) < 4.78 is 5.86. The zero-order valence-electron chi connectivity index (χ0n) is 8.66. The zero-order valence-corrected chi connectivity index (χ0v) is 10.2. The highest BCUT2D eigenvalue weighted by molar-refractivity contribution is 9.10. The maximum absolute atomic E-state index is 11.0. The van der Waals surface area contributed by atoms with Crippen molar-refractivity contribution in [3.05, 3.63) is 28.2 Å². The first-order valence-electron chi connectivity index (χ1n) is 4.66. The second-order valence-corrected chi connectivity index (χ2v) is 4.05. The van der Waals surface area contributed by atoms with Crippen molar-refractivity contribution in [1.29, 1.82) is 0 Å². The van der Waals surface area contributed by atoms with E-state index in [9.17, 15) is 4.79 Å². The first kappa shape index (κ1) is 12.0. The van der Waals surface area contributed by atoms with Gasteiger partial charge in [0.2, 0.25) is 0 Å². The molecule has 4 heteroatoms. The summed E-state index contributed by atoms with van der Waals surface area (Å²) in [6.45, 7) is 1.86. The van der Waals surface area contributed by atoms with Gasteiger partial charge >= 0.3 is 5.97 Å². The standard InChI is InChI=1S/C11H13BrO3/c1-3-8(11(13)14)7-4-5-10(15-2)9(12)6-7/h4-6,8H,3H2,1-2H3,(H,13,14). The summed E-state index contributed by atoms with van der Waals surface area (Å²) >= 11 is 3.34. The van der Waals surface area contributed by atoms with Gasteiger partial charge in [0.15, 0.2) is 0 Å². The van der Waals surface area contributed by atoms with Crippen LogP contribution in [0.5, 0.6) is 5.75 Å². The molecule has 1 atom stereocenters. The summed E-state index contributed by atoms with van der Waals surface area (Å²) in [4.78, 5) is 11.0. The van der Waals surface area contributed by atoms with Gasteiger partial charge in [0.05, 0.1) is 17.5 Å². The van der Waals surface area contributed by atoms with Crippen LogP contribution in [-0.4, -0.2) is 18.2 Å². The van der Waals surface area contributed by atoms with E-state index in [1.807, 2.05) is 6.92 Å². The van der Waals surface area contributed by atoms with Gasteiger partial charge in [0.25, 0.3) is 0 Å². The van der Waals surface area contributed by atoms with Gasteiger partial charge in [-0.3, -0.25) is 4.79 Å². The van der Waals surface area contributed by atoms with Crippen molar-refractivity contribution in [3.8, 4) is 5.75 Å². The van der Waals surface area contributed by atoms with Crippen molar-refractivity contribution in [3.63, 3.8) is 0 Å². The van der Waals surface area contributed by atoms with Gasteiger partial charge in [-0.25, -0.2) is 0 Å². The Balaban J connectivity index is 3.05. The van der Waals surface area contributed by atoms with Crippen LogP contribution in [-0.2, 0) is 4.79 Å². The van der Waals surface area contributed by atoms with Crippen molar-refractivity contribution in [2.24, 2.45) is 0 Å². The number of aliphatic carboxylic acids is 1. The topological polar surface area (TPSA) is 46.5 Å². The van der Waals surface area contributed by atoms with Crippen LogP contribution in [0.15, 0.2) is 22.7 Å². The van der Waals surface area contributed by atoms with E-state index in [0.29, 0.717) is 12.2 Å². The minimum atomic E-state index is -0.797. The molecular weight excluding hydrogens is 260 g/mol. The number of hydrogen-bond donors (Lipinski definition) is 1. The van der Waals surface area contributed by atoms with Gasteiger partial charge < -0.3 is 9.84 Å². The predicted molar refractivity (Wildman–Crippen MR) is 61.4 cm³/mol. The van der Waals surface area contributed by atoms with Crippen LogP contribution < -0.4 is 4.74 Å². The smallest absolute Gasteiger partial charge is 0.310 e. The van der Waals surface area contributed by atoms with Crippen molar-refractivity contribution in [1.82, 2.24) is 0 Å². The summed E-state index contributed by atoms with van der Waals surface area (Å²) in [5.74, 6) is -0.541. The second kappa shape index (κ2) is 5.16. The normalized spacial score (nSPS) is 12.2. The van der Waals surface area contributed by atoms with Crippen LogP contribution in [0.2, 0.25) is 0 Å². The molecule has 0 radical (unpaired) electrons. The average Bonchev–Trinajstić information content (AvgIpc) is 2.18. The number of carboxylic acid groups (broad SMARTS) is 1. The molecule has 0 bridgehead atoms. The Kier molecular flexibility index (Phi) is 4.15. The number of carbonyl (C=O) groups is 1. The van der Waals surface area contributed by atoms with Crippen LogP contribution in [0.3, 0.4) is 0 Å². The van der Waals surface area contributed by atoms with Gasteiger partial charge in [0.1, 0.15) is 5.75 Å². The number of carboxylic acids is 1. The Labute approximate surface area is 97.2 Å². The molecular formula is C11H13BrO3. The summed E-state index contributed by atoms with van der Waals surface area (Å²) in [6, 6.07) is 5.35. The van der Waals surface area contributed by atoms with Gasteiger partial charge in [-0.2, -0.15) is 0 Å². The van der Waals surface area contributed by atoms with E-state index in [2.05, 4.69) is 15.9 Å². The maximum Gasteiger partial charge on any atom is 0.310 e. The highest BCUT2D eigenvalue weighted by Gasteiger charge is 2.18. The second-order valence-electron chi connectivity index (χ2n) is 3.19. The number of halogens is 1. The van der Waals surface area contributed by atoms with Crippen molar-refractivity contribution in [2.75, 3.05) is 7.11 Å². The Morgan fingerprint density at radius 1 is 1.60 bits per heavy atom. The summed E-state index contributed by atoms with van der Waals surface area (Å²) in [5.41, 5.74) is 0.790. The molecule has 0 saturated heterocycles. The molecule has 0 aliphatic carbocycles. The SMILES string of the molecule is CCC(C(=O)O)c1ccc(OC)c(Br)c1. The van der Waals surface area contributed by atoms with E-state index in [-0.39, 0.29) is 0 Å². The number of methoxy groups -OCH3 is 1. The first-order valence-corrected chi connectivity index (χ1v) is 5.45. The van der Waals surface area contributed by atoms with Crippen LogP contribution in [0, 0.1) is 0 Å². The van der Waals surface area contributed by atoms with Crippen molar-refractivity contribution >= 4 is 21.9 Å². The van der Waals surface area contributed by atoms with Gasteiger partial charge in [-0.1, -0.05) is 13.0 Å². The van der Waals surface area contributed by atoms with E-state index in [4.69, 9.17) is 9.84 Å². The summed E-state index contributed by atoms with van der Waals surface area (Å²) in [5, 5.41) is 9.00. The van der Waals surface area contributed by atoms with Crippen molar-refractivity contribution in [2.45, 2.75) is 19.3 Å². The number of rotatable bonds is 4. The molecule has 1 rings (SSSR count). The highest BCUT2D eigenvalue weighted by atomic mass is 79.9. The lowest BCUT2D eigenvalue weighted by atomic mass is 9.97. The molecule has 1 aromatic carbocycles. The lowest BCUT2D eigenvalue weighted by Gasteiger charge is -2.11. The van der Waals surface area contributed by atoms with Gasteiger partial charge in [-0.05, 0) is 40.0 Å². The van der Waals surface area contributed by atoms with Crippen LogP contribution in [0.4, 0.5) is 0 Å². The molecule has 1 N–H and O–H groups in total. The third-order valence-electron chi connectivity index (χ3n) is 2.28. The van der Waals surface area contributed by atoms with E-state index in [0.717, 1.165) is 10.0 Å². The molecule has 82 valence electrons. The van der Waals surface area contributed by atoms with Crippen molar-refractivity contribution < 1.29 is 14.6 Å². The number of ether oxygens (including phenoxy) is 1. The van der Waals surface area contributed by atoms with E-state index in [1.54, 1.807) is 25.3 Å². The molecule has 0 amide bonds. The fourth-order valence-corrected chi connectivity index (χ4v) is 2.01. The molecule has 15 heavy (non-hydrogen) atoms. The third kappa shape index (κ3) is 2.72. The van der Waals surface area contributed by atoms with Gasteiger partial charge in [0, 0.05) is 0 Å². The Morgan fingerprint density at radius 3 is 2.67 bits per heavy atom. The number of benzene rings is 1. The van der Waals surface area contributed by atoms with Gasteiger partial charge in [-0.15, -0.1) is 0 Å². The summed E-state index contributed by atoms with van der Waals surface area (Å²) in [6.07, 6.45) is 0.577. The van der Waals surface area contributed by atoms with E-state index < -0.39 is 11.9 Å². The third-order valence-corrected chi connectivity index (χ3v) is 2.90. The minimum absolute atomic E-state index is 0.452. The first-order chi connectivity index (χ1) is 7.10. The van der Waals surface area contributed by atoms with E-state index in [1.165, 1.54) is 0 Å². The zero-order chi connectivity index (χ0) is 11.4. The average molecular weight is 273 g/mol. The highest BCUT2D eigenvalue weighted by Crippen LogP contribution is 2.29. The Hall–Kier alpha value is -1.03. The Bertz CT molecular complexity index is 363. The summed E-state index contributed by atoms with van der Waals surface area (Å²) in [7, 11) is 1.58. The fraction of sp³-hybridized carbons (Fsp3) is 0.364. The minimum Gasteiger partial charge on any atom is -0.496 e. The molecule has 0 aromatic heterocycles. The lowest BCUT2D eigenvalue weighted by Crippen LogP contribution is -2.10. The largest absolute Gasteiger partial charge is 0.496 e. The lowest BCUT2D eigenvalue weighted by molar-refractivity contribution is -0.138.